The first-order valence-electron chi connectivity index (χ1n) is 8.16. The molecule has 0 saturated heterocycles. The van der Waals surface area contributed by atoms with Crippen LogP contribution in [-0.2, 0) is 9.53 Å². The summed E-state index contributed by atoms with van der Waals surface area (Å²) in [5.74, 6) is -1.59. The Labute approximate surface area is 151 Å². The van der Waals surface area contributed by atoms with Crippen molar-refractivity contribution >= 4 is 17.8 Å². The summed E-state index contributed by atoms with van der Waals surface area (Å²) in [4.78, 5) is 24.2. The number of ether oxygens (including phenoxy) is 2. The number of carbonyl (C=O) groups is 2. The van der Waals surface area contributed by atoms with Crippen molar-refractivity contribution in [2.24, 2.45) is 5.92 Å². The van der Waals surface area contributed by atoms with E-state index >= 15 is 0 Å². The number of phenolic OH excluding ortho intramolecular Hbond substituents is 1. The molecule has 1 aromatic rings. The van der Waals surface area contributed by atoms with Crippen molar-refractivity contribution in [1.82, 2.24) is 0 Å². The second-order valence-corrected chi connectivity index (χ2v) is 6.10. The molecule has 3 N–H and O–H groups in total. The minimum Gasteiger partial charge on any atom is -0.507 e. The number of fused-ring (bicyclic) bond motifs is 1. The maximum absolute atomic E-state index is 12.4. The van der Waals surface area contributed by atoms with E-state index in [2.05, 4.69) is 0 Å². The topological polar surface area (TPSA) is 113 Å². The van der Waals surface area contributed by atoms with Gasteiger partial charge in [0.1, 0.15) is 23.2 Å². The van der Waals surface area contributed by atoms with E-state index < -0.39 is 24.0 Å². The van der Waals surface area contributed by atoms with Crippen molar-refractivity contribution < 1.29 is 34.4 Å². The number of aromatic hydroxyl groups is 1. The van der Waals surface area contributed by atoms with Crippen molar-refractivity contribution in [3.8, 4) is 11.5 Å². The molecule has 1 aromatic carbocycles. The smallest absolute Gasteiger partial charge is 0.342 e. The molecule has 7 nitrogen and oxygen atoms in total. The van der Waals surface area contributed by atoms with Gasteiger partial charge in [0.05, 0.1) is 19.8 Å². The van der Waals surface area contributed by atoms with Crippen molar-refractivity contribution in [3.05, 3.63) is 41.5 Å². The predicted octanol–water partition coefficient (Wildman–Crippen LogP) is 1.46. The van der Waals surface area contributed by atoms with Crippen molar-refractivity contribution in [2.75, 3.05) is 13.7 Å². The second kappa shape index (κ2) is 8.64. The van der Waals surface area contributed by atoms with E-state index in [0.717, 1.165) is 6.08 Å². The molecule has 1 aliphatic heterocycles. The fraction of sp³-hybridized carbons (Fsp3) is 0.368. The highest BCUT2D eigenvalue weighted by molar-refractivity contribution is 5.97. The molecule has 0 aliphatic carbocycles. The van der Waals surface area contributed by atoms with Gasteiger partial charge in [-0.25, -0.2) is 4.79 Å². The first-order valence-corrected chi connectivity index (χ1v) is 8.16. The monoisotopic (exact) mass is 362 g/mol. The van der Waals surface area contributed by atoms with Gasteiger partial charge in [0.25, 0.3) is 0 Å². The van der Waals surface area contributed by atoms with Gasteiger partial charge in [-0.1, -0.05) is 25.2 Å². The predicted molar refractivity (Wildman–Crippen MR) is 93.9 cm³/mol. The molecule has 1 aliphatic rings. The lowest BCUT2D eigenvalue weighted by molar-refractivity contribution is -0.127. The number of aliphatic hydroxyl groups is 2. The van der Waals surface area contributed by atoms with Crippen LogP contribution in [0.2, 0.25) is 0 Å². The highest BCUT2D eigenvalue weighted by Crippen LogP contribution is 2.30. The van der Waals surface area contributed by atoms with Crippen LogP contribution in [0.25, 0.3) is 6.08 Å². The Morgan fingerprint density at radius 1 is 1.19 bits per heavy atom. The summed E-state index contributed by atoms with van der Waals surface area (Å²) in [5.41, 5.74) is 0.307. The standard InChI is InChI=1S/C19H22O7/c1-11-6-7-15(21)18(23)14(20)5-3-4-12-8-13(25-2)9-16(22)17(12)19(24)26-10-11/h3-4,6-9,11,14,18,20,22-23H,5,10H2,1-2H3/b4-3+,7-6+/t11-,14+,18+/m1/s1. The molecule has 0 saturated carbocycles. The molecular formula is C19H22O7. The molecule has 3 atom stereocenters. The van der Waals surface area contributed by atoms with Crippen LogP contribution in [0.3, 0.4) is 0 Å². The number of methoxy groups -OCH3 is 1. The number of aliphatic hydroxyl groups excluding tert-OH is 2. The van der Waals surface area contributed by atoms with Gasteiger partial charge in [0.15, 0.2) is 5.78 Å². The maximum atomic E-state index is 12.4. The van der Waals surface area contributed by atoms with E-state index in [4.69, 9.17) is 9.47 Å². The molecule has 1 heterocycles. The summed E-state index contributed by atoms with van der Waals surface area (Å²) in [7, 11) is 1.42. The number of rotatable bonds is 1. The SMILES string of the molecule is COc1cc(O)c2c(c1)/C=C/C[C@H](O)[C@H](O)C(=O)/C=C/[C@@H](C)COC2=O. The highest BCUT2D eigenvalue weighted by Gasteiger charge is 2.23. The number of phenols is 1. The number of hydrogen-bond acceptors (Lipinski definition) is 7. The lowest BCUT2D eigenvalue weighted by atomic mass is 10.0. The quantitative estimate of drug-likeness (QED) is 0.648. The molecule has 0 aromatic heterocycles. The van der Waals surface area contributed by atoms with Crippen LogP contribution >= 0.6 is 0 Å². The van der Waals surface area contributed by atoms with E-state index in [1.807, 2.05) is 0 Å². The minimum absolute atomic E-state index is 0.0180. The van der Waals surface area contributed by atoms with Gasteiger partial charge in [0.2, 0.25) is 0 Å². The Balaban J connectivity index is 2.44. The molecule has 0 fully saturated rings. The molecule has 0 amide bonds. The molecule has 0 unspecified atom stereocenters. The van der Waals surface area contributed by atoms with E-state index in [1.54, 1.807) is 6.92 Å². The lowest BCUT2D eigenvalue weighted by Gasteiger charge is -2.16. The van der Waals surface area contributed by atoms with Gasteiger partial charge < -0.3 is 24.8 Å². The molecule has 2 rings (SSSR count). The van der Waals surface area contributed by atoms with Gasteiger partial charge >= 0.3 is 5.97 Å². The van der Waals surface area contributed by atoms with Crippen molar-refractivity contribution in [2.45, 2.75) is 25.6 Å². The van der Waals surface area contributed by atoms with Crippen molar-refractivity contribution in [3.63, 3.8) is 0 Å². The minimum atomic E-state index is -1.55. The number of ketones is 1. The average molecular weight is 362 g/mol. The van der Waals surface area contributed by atoms with Crippen LogP contribution in [0, 0.1) is 5.92 Å². The zero-order valence-electron chi connectivity index (χ0n) is 14.6. The summed E-state index contributed by atoms with van der Waals surface area (Å²) in [6, 6.07) is 2.84. The first-order chi connectivity index (χ1) is 12.3. The van der Waals surface area contributed by atoms with Crippen LogP contribution in [0.15, 0.2) is 30.4 Å². The van der Waals surface area contributed by atoms with E-state index in [-0.39, 0.29) is 30.3 Å². The molecule has 0 bridgehead atoms. The Bertz CT molecular complexity index is 736. The van der Waals surface area contributed by atoms with Crippen LogP contribution in [0.4, 0.5) is 0 Å². The number of cyclic esters (lactones) is 1. The van der Waals surface area contributed by atoms with Crippen LogP contribution < -0.4 is 4.74 Å². The molecule has 26 heavy (non-hydrogen) atoms. The number of carbonyl (C=O) groups excluding carboxylic acids is 2. The van der Waals surface area contributed by atoms with E-state index in [0.29, 0.717) is 11.3 Å². The Morgan fingerprint density at radius 2 is 1.92 bits per heavy atom. The Kier molecular flexibility index (Phi) is 6.54. The number of esters is 1. The third kappa shape index (κ3) is 4.71. The summed E-state index contributed by atoms with van der Waals surface area (Å²) in [6.07, 6.45) is 2.76. The van der Waals surface area contributed by atoms with Gasteiger partial charge in [-0.2, -0.15) is 0 Å². The van der Waals surface area contributed by atoms with Crippen LogP contribution in [0.1, 0.15) is 29.3 Å². The van der Waals surface area contributed by atoms with Gasteiger partial charge in [-0.05, 0) is 24.1 Å². The molecule has 7 heteroatoms. The second-order valence-electron chi connectivity index (χ2n) is 6.10. The van der Waals surface area contributed by atoms with Gasteiger partial charge in [-0.15, -0.1) is 0 Å². The average Bonchev–Trinajstić information content (AvgIpc) is 2.62. The number of hydrogen-bond donors (Lipinski definition) is 3. The third-order valence-electron chi connectivity index (χ3n) is 3.96. The van der Waals surface area contributed by atoms with Crippen molar-refractivity contribution in [1.29, 1.82) is 0 Å². The van der Waals surface area contributed by atoms with Crippen LogP contribution in [0.5, 0.6) is 11.5 Å². The fourth-order valence-electron chi connectivity index (χ4n) is 2.44. The number of benzene rings is 1. The molecule has 140 valence electrons. The largest absolute Gasteiger partial charge is 0.507 e. The highest BCUT2D eigenvalue weighted by atomic mass is 16.5. The Morgan fingerprint density at radius 3 is 2.62 bits per heavy atom. The first kappa shape index (κ1) is 19.7. The molecule has 0 spiro atoms. The lowest BCUT2D eigenvalue weighted by Crippen LogP contribution is -2.32. The summed E-state index contributed by atoms with van der Waals surface area (Å²) >= 11 is 0. The summed E-state index contributed by atoms with van der Waals surface area (Å²) in [6.45, 7) is 1.70. The fourth-order valence-corrected chi connectivity index (χ4v) is 2.44. The normalized spacial score (nSPS) is 27.0. The van der Waals surface area contributed by atoms with Gasteiger partial charge in [0, 0.05) is 12.0 Å². The molecule has 0 radical (unpaired) electrons. The molecular weight excluding hydrogens is 340 g/mol. The van der Waals surface area contributed by atoms with E-state index in [1.165, 1.54) is 37.5 Å². The summed E-state index contributed by atoms with van der Waals surface area (Å²) in [5, 5.41) is 30.0. The third-order valence-corrected chi connectivity index (χ3v) is 3.96. The summed E-state index contributed by atoms with van der Waals surface area (Å²) < 4.78 is 10.3. The van der Waals surface area contributed by atoms with Gasteiger partial charge in [-0.3, -0.25) is 4.79 Å². The van der Waals surface area contributed by atoms with Crippen LogP contribution in [-0.4, -0.2) is 53.0 Å². The van der Waals surface area contributed by atoms with E-state index in [9.17, 15) is 24.9 Å². The maximum Gasteiger partial charge on any atom is 0.342 e. The zero-order chi connectivity index (χ0) is 19.3. The zero-order valence-corrected chi connectivity index (χ0v) is 14.6. The Hall–Kier alpha value is -2.64.